The van der Waals surface area contributed by atoms with Gasteiger partial charge in [-0.2, -0.15) is 0 Å². The Morgan fingerprint density at radius 1 is 0.746 bits per heavy atom. The number of likely N-dealkylation sites (tertiary alicyclic amines) is 1. The van der Waals surface area contributed by atoms with E-state index in [4.69, 9.17) is 0 Å². The molecule has 1 aliphatic rings. The zero-order chi connectivity index (χ0) is 52.0. The molecule has 1 heterocycles. The molecule has 0 radical (unpaired) electrons. The number of nitrogens with zero attached hydrogens (tertiary/aromatic N) is 2. The molecular formula is C52H65N7O11S. The molecule has 380 valence electrons. The monoisotopic (exact) mass is 995 g/mol. The predicted molar refractivity (Wildman–Crippen MR) is 267 cm³/mol. The molecule has 4 aromatic carbocycles. The highest BCUT2D eigenvalue weighted by Crippen LogP contribution is 2.23. The maximum atomic E-state index is 14.1. The van der Waals surface area contributed by atoms with Gasteiger partial charge in [-0.05, 0) is 80.3 Å². The molecule has 0 aliphatic carbocycles. The second kappa shape index (κ2) is 25.1. The molecule has 0 bridgehead atoms. The zero-order valence-corrected chi connectivity index (χ0v) is 41.6. The maximum absolute atomic E-state index is 14.1. The highest BCUT2D eigenvalue weighted by Gasteiger charge is 2.40. The SMILES string of the molecule is CC(C)C[C@H](NC(=O)C[C@H](O)[C@H](Cc1ccccc1)NC(=O)c1cc(NS(C)(=O)=O)cc(C(=O)N[C@H](C)c2ccccc2)c1)C(=O)N[C@@H](C)C(=O)N(C)[C@H](Cc1ccccc1)C(=O)N1CCC[C@H]1C(=O)O. The molecule has 1 saturated heterocycles. The number of carbonyl (C=O) groups excluding carboxylic acids is 6. The Bertz CT molecular complexity index is 2620. The number of aliphatic hydroxyl groups is 1. The summed E-state index contributed by atoms with van der Waals surface area (Å²) in [7, 11) is -2.43. The van der Waals surface area contributed by atoms with E-state index < -0.39 is 100 Å². The Labute approximate surface area is 415 Å². The van der Waals surface area contributed by atoms with Gasteiger partial charge >= 0.3 is 5.97 Å². The number of carboxylic acids is 1. The van der Waals surface area contributed by atoms with Gasteiger partial charge < -0.3 is 41.3 Å². The summed E-state index contributed by atoms with van der Waals surface area (Å²) in [5, 5.41) is 32.5. The molecule has 19 heteroatoms. The van der Waals surface area contributed by atoms with Crippen LogP contribution in [0.5, 0.6) is 0 Å². The number of nitrogens with one attached hydrogen (secondary N) is 5. The average Bonchev–Trinajstić information content (AvgIpc) is 3.83. The van der Waals surface area contributed by atoms with Gasteiger partial charge in [-0.3, -0.25) is 33.5 Å². The van der Waals surface area contributed by atoms with Crippen molar-refractivity contribution < 1.29 is 52.2 Å². The fourth-order valence-corrected chi connectivity index (χ4v) is 9.05. The number of likely N-dealkylation sites (N-methyl/N-ethyl adjacent to an activating group) is 1. The van der Waals surface area contributed by atoms with Crippen molar-refractivity contribution in [3.63, 3.8) is 0 Å². The summed E-state index contributed by atoms with van der Waals surface area (Å²) in [6.45, 7) is 7.09. The van der Waals surface area contributed by atoms with E-state index in [9.17, 15) is 52.2 Å². The summed E-state index contributed by atoms with van der Waals surface area (Å²) in [6, 6.07) is 24.7. The number of sulfonamides is 1. The molecule has 0 spiro atoms. The normalized spacial score (nSPS) is 16.1. The first-order valence-electron chi connectivity index (χ1n) is 23.5. The molecule has 5 rings (SSSR count). The minimum Gasteiger partial charge on any atom is -0.480 e. The van der Waals surface area contributed by atoms with Gasteiger partial charge in [0.1, 0.15) is 24.2 Å². The van der Waals surface area contributed by atoms with Gasteiger partial charge in [-0.15, -0.1) is 0 Å². The van der Waals surface area contributed by atoms with E-state index in [0.29, 0.717) is 12.0 Å². The Balaban J connectivity index is 1.31. The molecule has 6 amide bonds. The number of carbonyl (C=O) groups is 7. The van der Waals surface area contributed by atoms with E-state index in [0.717, 1.165) is 17.4 Å². The smallest absolute Gasteiger partial charge is 0.326 e. The largest absolute Gasteiger partial charge is 0.480 e. The van der Waals surface area contributed by atoms with Gasteiger partial charge in [0.15, 0.2) is 0 Å². The molecule has 7 N–H and O–H groups in total. The van der Waals surface area contributed by atoms with Gasteiger partial charge in [0, 0.05) is 31.1 Å². The number of hydrogen-bond acceptors (Lipinski definition) is 10. The van der Waals surface area contributed by atoms with Crippen molar-refractivity contribution in [1.29, 1.82) is 0 Å². The van der Waals surface area contributed by atoms with Crippen molar-refractivity contribution >= 4 is 57.1 Å². The Hall–Kier alpha value is -7.12. The molecule has 0 unspecified atom stereocenters. The predicted octanol–water partition coefficient (Wildman–Crippen LogP) is 3.82. The van der Waals surface area contributed by atoms with Gasteiger partial charge in [0.05, 0.1) is 36.6 Å². The lowest BCUT2D eigenvalue weighted by atomic mass is 9.97. The maximum Gasteiger partial charge on any atom is 0.326 e. The third-order valence-corrected chi connectivity index (χ3v) is 12.8. The first-order chi connectivity index (χ1) is 33.6. The van der Waals surface area contributed by atoms with Crippen LogP contribution in [0.4, 0.5) is 5.69 Å². The fraction of sp³-hybridized carbons (Fsp3) is 0.404. The van der Waals surface area contributed by atoms with E-state index in [-0.39, 0.29) is 55.0 Å². The summed E-state index contributed by atoms with van der Waals surface area (Å²) in [5.41, 5.74) is 2.02. The van der Waals surface area contributed by atoms with Gasteiger partial charge in [0.25, 0.3) is 11.8 Å². The van der Waals surface area contributed by atoms with Gasteiger partial charge in [0.2, 0.25) is 33.7 Å². The van der Waals surface area contributed by atoms with Crippen molar-refractivity contribution in [3.05, 3.63) is 137 Å². The van der Waals surface area contributed by atoms with Crippen LogP contribution in [0.3, 0.4) is 0 Å². The van der Waals surface area contributed by atoms with E-state index in [1.807, 2.05) is 44.2 Å². The second-order valence-corrected chi connectivity index (χ2v) is 20.2. The summed E-state index contributed by atoms with van der Waals surface area (Å²) in [6.07, 6.45) is -0.177. The lowest BCUT2D eigenvalue weighted by Crippen LogP contribution is -2.58. The Morgan fingerprint density at radius 2 is 1.30 bits per heavy atom. The molecule has 1 aliphatic heterocycles. The minimum atomic E-state index is -3.86. The summed E-state index contributed by atoms with van der Waals surface area (Å²) >= 11 is 0. The van der Waals surface area contributed by atoms with Crippen LogP contribution in [0, 0.1) is 5.92 Å². The minimum absolute atomic E-state index is 0.0281. The van der Waals surface area contributed by atoms with E-state index >= 15 is 0 Å². The molecule has 0 aromatic heterocycles. The van der Waals surface area contributed by atoms with Crippen LogP contribution in [0.2, 0.25) is 0 Å². The molecule has 1 fully saturated rings. The lowest BCUT2D eigenvalue weighted by Gasteiger charge is -2.34. The van der Waals surface area contributed by atoms with Crippen LogP contribution in [0.15, 0.2) is 109 Å². The first-order valence-corrected chi connectivity index (χ1v) is 25.4. The summed E-state index contributed by atoms with van der Waals surface area (Å²) in [5.74, 6) is -5.26. The van der Waals surface area contributed by atoms with Crippen molar-refractivity contribution in [2.75, 3.05) is 24.6 Å². The molecule has 18 nitrogen and oxygen atoms in total. The summed E-state index contributed by atoms with van der Waals surface area (Å²) in [4.78, 5) is 97.9. The molecule has 0 saturated carbocycles. The third-order valence-electron chi connectivity index (χ3n) is 12.2. The zero-order valence-electron chi connectivity index (χ0n) is 40.8. The van der Waals surface area contributed by atoms with E-state index in [1.54, 1.807) is 67.6 Å². The second-order valence-electron chi connectivity index (χ2n) is 18.5. The van der Waals surface area contributed by atoms with Gasteiger partial charge in [-0.1, -0.05) is 105 Å². The molecular weight excluding hydrogens is 931 g/mol. The number of benzene rings is 4. The van der Waals surface area contributed by atoms with Crippen molar-refractivity contribution in [3.8, 4) is 0 Å². The van der Waals surface area contributed by atoms with Crippen LogP contribution in [-0.4, -0.2) is 126 Å². The van der Waals surface area contributed by atoms with E-state index in [2.05, 4.69) is 26.0 Å². The highest BCUT2D eigenvalue weighted by atomic mass is 32.2. The third kappa shape index (κ3) is 16.2. The fourth-order valence-electron chi connectivity index (χ4n) is 8.50. The van der Waals surface area contributed by atoms with Crippen molar-refractivity contribution in [2.24, 2.45) is 5.92 Å². The van der Waals surface area contributed by atoms with Crippen LogP contribution in [0.1, 0.15) is 96.8 Å². The van der Waals surface area contributed by atoms with E-state index in [1.165, 1.54) is 42.0 Å². The van der Waals surface area contributed by atoms with Crippen LogP contribution >= 0.6 is 0 Å². The molecule has 4 aromatic rings. The van der Waals surface area contributed by atoms with Crippen LogP contribution in [0.25, 0.3) is 0 Å². The molecule has 71 heavy (non-hydrogen) atoms. The van der Waals surface area contributed by atoms with Gasteiger partial charge in [-0.25, -0.2) is 13.2 Å². The highest BCUT2D eigenvalue weighted by molar-refractivity contribution is 7.92. The van der Waals surface area contributed by atoms with Crippen molar-refractivity contribution in [2.45, 2.75) is 109 Å². The number of hydrogen-bond donors (Lipinski definition) is 7. The average molecular weight is 996 g/mol. The van der Waals surface area contributed by atoms with Crippen molar-refractivity contribution in [1.82, 2.24) is 31.1 Å². The Kier molecular flexibility index (Phi) is 19.4. The summed E-state index contributed by atoms with van der Waals surface area (Å²) < 4.78 is 26.9. The topological polar surface area (TPSA) is 261 Å². The number of aliphatic hydroxyl groups excluding tert-OH is 1. The standard InChI is InChI=1S/C52H65N7O11S/c1-32(2)25-42(49(64)54-34(4)50(65)58(5)44(27-36-19-12-8-13-20-36)51(66)59-24-16-23-43(59)52(67)68)55-46(61)31-45(60)41(26-35-17-10-7-11-18-35)56-48(63)39-28-38(29-40(30-39)57-71(6,69)70)47(62)53-33(3)37-21-14-9-15-22-37/h7-15,17-22,28-30,32-34,41-45,57,60H,16,23-27,31H2,1-6H3,(H,53,62)(H,54,64)(H,55,61)(H,56,63)(H,67,68)/t33-,34+,41+,42+,43+,44-,45+/m1/s1. The molecule has 7 atom stereocenters. The number of carboxylic acid groups (broad SMARTS) is 1. The van der Waals surface area contributed by atoms with Crippen LogP contribution < -0.4 is 26.0 Å². The number of rotatable bonds is 23. The quantitative estimate of drug-likeness (QED) is 0.0562. The first kappa shape index (κ1) is 54.8. The number of aliphatic carboxylic acids is 1. The number of amides is 6. The number of anilines is 1. The van der Waals surface area contributed by atoms with Crippen LogP contribution in [-0.2, 0) is 46.8 Å². The lowest BCUT2D eigenvalue weighted by molar-refractivity contribution is -0.152. The Morgan fingerprint density at radius 3 is 1.85 bits per heavy atom.